The second-order valence-corrected chi connectivity index (χ2v) is 4.56. The lowest BCUT2D eigenvalue weighted by Gasteiger charge is -2.05. The third-order valence-electron chi connectivity index (χ3n) is 2.48. The SMILES string of the molecule is CCn1cc(-c2cc(Cl)nc(C(C)C)n2)cn1. The number of halogens is 1. The zero-order valence-electron chi connectivity index (χ0n) is 10.2. The molecule has 0 aliphatic rings. The molecule has 4 nitrogen and oxygen atoms in total. The van der Waals surface area contributed by atoms with Gasteiger partial charge in [-0.05, 0) is 6.92 Å². The molecule has 0 aromatic carbocycles. The summed E-state index contributed by atoms with van der Waals surface area (Å²) in [6.45, 7) is 6.98. The van der Waals surface area contributed by atoms with Crippen LogP contribution in [0.5, 0.6) is 0 Å². The first-order valence-corrected chi connectivity index (χ1v) is 6.05. The van der Waals surface area contributed by atoms with Crippen molar-refractivity contribution >= 4 is 11.6 Å². The fourth-order valence-electron chi connectivity index (χ4n) is 1.51. The molecule has 0 atom stereocenters. The first-order valence-electron chi connectivity index (χ1n) is 5.67. The average molecular weight is 251 g/mol. The number of aryl methyl sites for hydroxylation is 1. The van der Waals surface area contributed by atoms with E-state index in [0.717, 1.165) is 23.6 Å². The molecule has 5 heteroatoms. The summed E-state index contributed by atoms with van der Waals surface area (Å²) in [4.78, 5) is 8.71. The van der Waals surface area contributed by atoms with Crippen molar-refractivity contribution < 1.29 is 0 Å². The second-order valence-electron chi connectivity index (χ2n) is 4.17. The van der Waals surface area contributed by atoms with Gasteiger partial charge in [-0.1, -0.05) is 25.4 Å². The van der Waals surface area contributed by atoms with Gasteiger partial charge in [0.1, 0.15) is 11.0 Å². The van der Waals surface area contributed by atoms with E-state index in [0.29, 0.717) is 5.15 Å². The molecule has 0 saturated carbocycles. The van der Waals surface area contributed by atoms with Crippen LogP contribution in [0.25, 0.3) is 11.3 Å². The topological polar surface area (TPSA) is 43.6 Å². The zero-order valence-corrected chi connectivity index (χ0v) is 10.9. The summed E-state index contributed by atoms with van der Waals surface area (Å²) in [5.74, 6) is 1.02. The first-order chi connectivity index (χ1) is 8.10. The molecule has 0 amide bonds. The molecule has 90 valence electrons. The molecule has 0 spiro atoms. The molecule has 0 N–H and O–H groups in total. The Morgan fingerprint density at radius 2 is 2.12 bits per heavy atom. The molecular formula is C12H15ClN4. The summed E-state index contributed by atoms with van der Waals surface area (Å²) >= 11 is 6.01. The van der Waals surface area contributed by atoms with Gasteiger partial charge in [-0.25, -0.2) is 9.97 Å². The van der Waals surface area contributed by atoms with E-state index in [1.54, 1.807) is 12.3 Å². The van der Waals surface area contributed by atoms with Crippen molar-refractivity contribution in [1.29, 1.82) is 0 Å². The minimum absolute atomic E-state index is 0.258. The van der Waals surface area contributed by atoms with E-state index < -0.39 is 0 Å². The van der Waals surface area contributed by atoms with E-state index in [1.807, 2.05) is 31.6 Å². The van der Waals surface area contributed by atoms with Gasteiger partial charge in [-0.2, -0.15) is 5.10 Å². The predicted octanol–water partition coefficient (Wildman–Crippen LogP) is 3.14. The van der Waals surface area contributed by atoms with Crippen molar-refractivity contribution in [2.75, 3.05) is 0 Å². The van der Waals surface area contributed by atoms with Gasteiger partial charge in [-0.15, -0.1) is 0 Å². The molecule has 2 heterocycles. The fourth-order valence-corrected chi connectivity index (χ4v) is 1.70. The third-order valence-corrected chi connectivity index (χ3v) is 2.68. The smallest absolute Gasteiger partial charge is 0.133 e. The Kier molecular flexibility index (Phi) is 3.43. The van der Waals surface area contributed by atoms with E-state index in [1.165, 1.54) is 0 Å². The molecular weight excluding hydrogens is 236 g/mol. The molecule has 0 unspecified atom stereocenters. The van der Waals surface area contributed by atoms with Crippen LogP contribution in [0.4, 0.5) is 0 Å². The van der Waals surface area contributed by atoms with Crippen LogP contribution in [-0.4, -0.2) is 19.7 Å². The summed E-state index contributed by atoms with van der Waals surface area (Å²) in [6.07, 6.45) is 3.76. The highest BCUT2D eigenvalue weighted by molar-refractivity contribution is 6.29. The van der Waals surface area contributed by atoms with E-state index in [2.05, 4.69) is 15.1 Å². The molecule has 0 aliphatic heterocycles. The van der Waals surface area contributed by atoms with Crippen molar-refractivity contribution in [1.82, 2.24) is 19.7 Å². The van der Waals surface area contributed by atoms with E-state index in [-0.39, 0.29) is 5.92 Å². The van der Waals surface area contributed by atoms with E-state index >= 15 is 0 Å². The van der Waals surface area contributed by atoms with E-state index in [4.69, 9.17) is 11.6 Å². The van der Waals surface area contributed by atoms with Gasteiger partial charge in [0.15, 0.2) is 0 Å². The lowest BCUT2D eigenvalue weighted by atomic mass is 10.2. The molecule has 0 bridgehead atoms. The molecule has 2 rings (SSSR count). The van der Waals surface area contributed by atoms with Crippen LogP contribution in [0, 0.1) is 0 Å². The molecule has 0 saturated heterocycles. The highest BCUT2D eigenvalue weighted by Gasteiger charge is 2.09. The molecule has 2 aromatic heterocycles. The van der Waals surface area contributed by atoms with Crippen LogP contribution in [0.2, 0.25) is 5.15 Å². The second kappa shape index (κ2) is 4.84. The van der Waals surface area contributed by atoms with Gasteiger partial charge >= 0.3 is 0 Å². The highest BCUT2D eigenvalue weighted by Crippen LogP contribution is 2.21. The largest absolute Gasteiger partial charge is 0.272 e. The summed E-state index contributed by atoms with van der Waals surface area (Å²) in [7, 11) is 0. The summed E-state index contributed by atoms with van der Waals surface area (Å²) < 4.78 is 1.86. The maximum atomic E-state index is 6.01. The Morgan fingerprint density at radius 3 is 2.71 bits per heavy atom. The molecule has 17 heavy (non-hydrogen) atoms. The van der Waals surface area contributed by atoms with Crippen molar-refractivity contribution in [3.63, 3.8) is 0 Å². The van der Waals surface area contributed by atoms with Gasteiger partial charge in [0.2, 0.25) is 0 Å². The Bertz CT molecular complexity index is 519. The maximum Gasteiger partial charge on any atom is 0.133 e. The summed E-state index contributed by atoms with van der Waals surface area (Å²) in [5.41, 5.74) is 1.80. The Labute approximate surface area is 106 Å². The number of rotatable bonds is 3. The Morgan fingerprint density at radius 1 is 1.35 bits per heavy atom. The number of nitrogens with zero attached hydrogens (tertiary/aromatic N) is 4. The lowest BCUT2D eigenvalue weighted by molar-refractivity contribution is 0.660. The Balaban J connectivity index is 2.44. The van der Waals surface area contributed by atoms with Gasteiger partial charge in [0.25, 0.3) is 0 Å². The molecule has 0 radical (unpaired) electrons. The maximum absolute atomic E-state index is 6.01. The predicted molar refractivity (Wildman–Crippen MR) is 68.0 cm³/mol. The van der Waals surface area contributed by atoms with Gasteiger partial charge in [0, 0.05) is 30.3 Å². The standard InChI is InChI=1S/C12H15ClN4/c1-4-17-7-9(6-14-17)10-5-11(13)16-12(15-10)8(2)3/h5-8H,4H2,1-3H3. The number of aromatic nitrogens is 4. The summed E-state index contributed by atoms with van der Waals surface area (Å²) in [6, 6.07) is 1.77. The minimum atomic E-state index is 0.258. The average Bonchev–Trinajstić information content (AvgIpc) is 2.76. The third kappa shape index (κ3) is 2.64. The fraction of sp³-hybridized carbons (Fsp3) is 0.417. The Hall–Kier alpha value is -1.42. The van der Waals surface area contributed by atoms with Crippen LogP contribution in [0.15, 0.2) is 18.5 Å². The van der Waals surface area contributed by atoms with Crippen molar-refractivity contribution in [2.24, 2.45) is 0 Å². The number of hydrogen-bond acceptors (Lipinski definition) is 3. The quantitative estimate of drug-likeness (QED) is 0.786. The molecule has 0 aliphatic carbocycles. The van der Waals surface area contributed by atoms with Gasteiger partial charge < -0.3 is 0 Å². The highest BCUT2D eigenvalue weighted by atomic mass is 35.5. The van der Waals surface area contributed by atoms with Crippen LogP contribution < -0.4 is 0 Å². The number of hydrogen-bond donors (Lipinski definition) is 0. The molecule has 0 fully saturated rings. The first kappa shape index (κ1) is 12.0. The van der Waals surface area contributed by atoms with Crippen LogP contribution in [0.3, 0.4) is 0 Å². The van der Waals surface area contributed by atoms with Crippen molar-refractivity contribution in [2.45, 2.75) is 33.2 Å². The molecule has 2 aromatic rings. The van der Waals surface area contributed by atoms with Crippen LogP contribution >= 0.6 is 11.6 Å². The normalized spacial score (nSPS) is 11.1. The van der Waals surface area contributed by atoms with Crippen molar-refractivity contribution in [3.8, 4) is 11.3 Å². The van der Waals surface area contributed by atoms with Crippen LogP contribution in [0.1, 0.15) is 32.5 Å². The zero-order chi connectivity index (χ0) is 12.4. The minimum Gasteiger partial charge on any atom is -0.272 e. The van der Waals surface area contributed by atoms with Crippen LogP contribution in [-0.2, 0) is 6.54 Å². The lowest BCUT2D eigenvalue weighted by Crippen LogP contribution is -1.99. The van der Waals surface area contributed by atoms with Crippen molar-refractivity contribution in [3.05, 3.63) is 29.4 Å². The van der Waals surface area contributed by atoms with Gasteiger partial charge in [0.05, 0.1) is 11.9 Å². The monoisotopic (exact) mass is 250 g/mol. The summed E-state index contributed by atoms with van der Waals surface area (Å²) in [5, 5.41) is 4.70. The van der Waals surface area contributed by atoms with E-state index in [9.17, 15) is 0 Å². The van der Waals surface area contributed by atoms with Gasteiger partial charge in [-0.3, -0.25) is 4.68 Å².